The fraction of sp³-hybridized carbons (Fsp3) is 0.333. The van der Waals surface area contributed by atoms with Gasteiger partial charge in [0.15, 0.2) is 0 Å². The second-order valence-corrected chi connectivity index (χ2v) is 5.05. The van der Waals surface area contributed by atoms with Gasteiger partial charge < -0.3 is 9.47 Å². The van der Waals surface area contributed by atoms with Gasteiger partial charge in [0.05, 0.1) is 13.2 Å². The van der Waals surface area contributed by atoms with E-state index in [-0.39, 0.29) is 0 Å². The molecule has 0 bridgehead atoms. The first-order chi connectivity index (χ1) is 9.69. The molecule has 0 aromatic heterocycles. The van der Waals surface area contributed by atoms with Crippen molar-refractivity contribution in [2.24, 2.45) is 0 Å². The van der Waals surface area contributed by atoms with E-state index in [0.29, 0.717) is 13.2 Å². The molecule has 0 saturated carbocycles. The molecular weight excluding hydrogens is 248 g/mol. The lowest BCUT2D eigenvalue weighted by Gasteiger charge is -2.15. The molecule has 0 unspecified atom stereocenters. The Hall–Kier alpha value is -1.64. The Labute approximate surface area is 121 Å². The summed E-state index contributed by atoms with van der Waals surface area (Å²) in [6.07, 6.45) is 0. The Morgan fingerprint density at radius 1 is 0.700 bits per heavy atom. The molecule has 2 heteroatoms. The van der Waals surface area contributed by atoms with E-state index in [1.165, 1.54) is 33.4 Å². The third kappa shape index (κ3) is 2.92. The summed E-state index contributed by atoms with van der Waals surface area (Å²) in [6.45, 7) is 5.62. The molecule has 0 saturated heterocycles. The van der Waals surface area contributed by atoms with Crippen LogP contribution in [0.4, 0.5) is 0 Å². The summed E-state index contributed by atoms with van der Waals surface area (Å²) in [5.41, 5.74) is 7.59. The van der Waals surface area contributed by atoms with E-state index in [1.54, 1.807) is 14.2 Å². The molecule has 2 nitrogen and oxygen atoms in total. The standard InChI is InChI=1S/C18H22O2/c1-13-15(11-19-3)7-5-9-17(13)18-10-6-8-16(12-20-4)14(18)2/h5-10H,11-12H2,1-4H3. The average molecular weight is 270 g/mol. The SMILES string of the molecule is COCc1cccc(-c2cccc(COC)c2C)c1C. The summed E-state index contributed by atoms with van der Waals surface area (Å²) >= 11 is 0. The van der Waals surface area contributed by atoms with E-state index < -0.39 is 0 Å². The summed E-state index contributed by atoms with van der Waals surface area (Å²) in [5, 5.41) is 0. The summed E-state index contributed by atoms with van der Waals surface area (Å²) in [5.74, 6) is 0. The molecule has 2 rings (SSSR count). The second-order valence-electron chi connectivity index (χ2n) is 5.05. The van der Waals surface area contributed by atoms with Gasteiger partial charge in [0, 0.05) is 14.2 Å². The van der Waals surface area contributed by atoms with Gasteiger partial charge in [0.1, 0.15) is 0 Å². The molecular formula is C18H22O2. The van der Waals surface area contributed by atoms with Crippen LogP contribution in [0.2, 0.25) is 0 Å². The van der Waals surface area contributed by atoms with Crippen LogP contribution in [-0.2, 0) is 22.7 Å². The molecule has 2 aromatic carbocycles. The van der Waals surface area contributed by atoms with Crippen LogP contribution in [0, 0.1) is 13.8 Å². The van der Waals surface area contributed by atoms with E-state index in [9.17, 15) is 0 Å². The number of rotatable bonds is 5. The van der Waals surface area contributed by atoms with Crippen molar-refractivity contribution in [2.75, 3.05) is 14.2 Å². The molecule has 106 valence electrons. The Bertz CT molecular complexity index is 534. The minimum Gasteiger partial charge on any atom is -0.380 e. The van der Waals surface area contributed by atoms with E-state index in [1.807, 2.05) is 0 Å². The molecule has 0 aliphatic heterocycles. The van der Waals surface area contributed by atoms with Crippen molar-refractivity contribution < 1.29 is 9.47 Å². The molecule has 0 N–H and O–H groups in total. The van der Waals surface area contributed by atoms with Crippen molar-refractivity contribution in [1.82, 2.24) is 0 Å². The predicted molar refractivity (Wildman–Crippen MR) is 82.8 cm³/mol. The molecule has 2 aromatic rings. The van der Waals surface area contributed by atoms with Gasteiger partial charge in [-0.05, 0) is 47.2 Å². The molecule has 0 aliphatic rings. The fourth-order valence-corrected chi connectivity index (χ4v) is 2.57. The van der Waals surface area contributed by atoms with Gasteiger partial charge >= 0.3 is 0 Å². The number of hydrogen-bond donors (Lipinski definition) is 0. The van der Waals surface area contributed by atoms with E-state index in [4.69, 9.17) is 9.47 Å². The maximum Gasteiger partial charge on any atom is 0.0715 e. The van der Waals surface area contributed by atoms with Gasteiger partial charge in [0.25, 0.3) is 0 Å². The molecule has 0 fully saturated rings. The molecule has 0 spiro atoms. The molecule has 0 aliphatic carbocycles. The Balaban J connectivity index is 2.51. The summed E-state index contributed by atoms with van der Waals surface area (Å²) in [7, 11) is 3.47. The first kappa shape index (κ1) is 14.8. The van der Waals surface area contributed by atoms with Gasteiger partial charge in [0.2, 0.25) is 0 Å². The Kier molecular flexibility index (Phi) is 4.94. The smallest absolute Gasteiger partial charge is 0.0715 e. The lowest BCUT2D eigenvalue weighted by Crippen LogP contribution is -1.98. The van der Waals surface area contributed by atoms with Crippen LogP contribution < -0.4 is 0 Å². The Morgan fingerprint density at radius 3 is 1.45 bits per heavy atom. The third-order valence-electron chi connectivity index (χ3n) is 3.78. The minimum absolute atomic E-state index is 0.649. The van der Waals surface area contributed by atoms with Crippen molar-refractivity contribution in [3.63, 3.8) is 0 Å². The van der Waals surface area contributed by atoms with Crippen LogP contribution in [0.5, 0.6) is 0 Å². The Morgan fingerprint density at radius 2 is 1.10 bits per heavy atom. The second kappa shape index (κ2) is 6.69. The van der Waals surface area contributed by atoms with Gasteiger partial charge in [-0.15, -0.1) is 0 Å². The largest absolute Gasteiger partial charge is 0.380 e. The highest BCUT2D eigenvalue weighted by molar-refractivity contribution is 5.72. The van der Waals surface area contributed by atoms with E-state index in [2.05, 4.69) is 50.2 Å². The highest BCUT2D eigenvalue weighted by Gasteiger charge is 2.10. The zero-order valence-electron chi connectivity index (χ0n) is 12.7. The molecule has 0 atom stereocenters. The lowest BCUT2D eigenvalue weighted by atomic mass is 9.92. The van der Waals surface area contributed by atoms with Crippen molar-refractivity contribution in [1.29, 1.82) is 0 Å². The zero-order valence-corrected chi connectivity index (χ0v) is 12.7. The number of methoxy groups -OCH3 is 2. The fourth-order valence-electron chi connectivity index (χ4n) is 2.57. The van der Waals surface area contributed by atoms with Gasteiger partial charge in [-0.2, -0.15) is 0 Å². The maximum absolute atomic E-state index is 5.27. The van der Waals surface area contributed by atoms with Crippen molar-refractivity contribution >= 4 is 0 Å². The minimum atomic E-state index is 0.649. The van der Waals surface area contributed by atoms with Crippen LogP contribution in [0.3, 0.4) is 0 Å². The average Bonchev–Trinajstić information content (AvgIpc) is 2.44. The zero-order chi connectivity index (χ0) is 14.5. The molecule has 0 radical (unpaired) electrons. The normalized spacial score (nSPS) is 10.8. The van der Waals surface area contributed by atoms with Crippen molar-refractivity contribution in [3.05, 3.63) is 58.7 Å². The van der Waals surface area contributed by atoms with Gasteiger partial charge in [-0.25, -0.2) is 0 Å². The van der Waals surface area contributed by atoms with Crippen LogP contribution in [0.25, 0.3) is 11.1 Å². The van der Waals surface area contributed by atoms with Gasteiger partial charge in [-0.3, -0.25) is 0 Å². The maximum atomic E-state index is 5.27. The molecule has 0 heterocycles. The van der Waals surface area contributed by atoms with Crippen molar-refractivity contribution in [3.8, 4) is 11.1 Å². The summed E-state index contributed by atoms with van der Waals surface area (Å²) in [6, 6.07) is 12.8. The first-order valence-corrected chi connectivity index (χ1v) is 6.84. The predicted octanol–water partition coefficient (Wildman–Crippen LogP) is 4.26. The van der Waals surface area contributed by atoms with Crippen LogP contribution in [0.15, 0.2) is 36.4 Å². The summed E-state index contributed by atoms with van der Waals surface area (Å²) in [4.78, 5) is 0. The molecule has 20 heavy (non-hydrogen) atoms. The number of benzene rings is 2. The number of ether oxygens (including phenoxy) is 2. The highest BCUT2D eigenvalue weighted by atomic mass is 16.5. The van der Waals surface area contributed by atoms with Crippen LogP contribution in [0.1, 0.15) is 22.3 Å². The number of hydrogen-bond acceptors (Lipinski definition) is 2. The highest BCUT2D eigenvalue weighted by Crippen LogP contribution is 2.30. The van der Waals surface area contributed by atoms with Crippen LogP contribution >= 0.6 is 0 Å². The first-order valence-electron chi connectivity index (χ1n) is 6.84. The van der Waals surface area contributed by atoms with Crippen molar-refractivity contribution in [2.45, 2.75) is 27.1 Å². The van der Waals surface area contributed by atoms with Gasteiger partial charge in [-0.1, -0.05) is 36.4 Å². The summed E-state index contributed by atoms with van der Waals surface area (Å²) < 4.78 is 10.5. The van der Waals surface area contributed by atoms with Crippen LogP contribution in [-0.4, -0.2) is 14.2 Å². The topological polar surface area (TPSA) is 18.5 Å². The lowest BCUT2D eigenvalue weighted by molar-refractivity contribution is 0.184. The third-order valence-corrected chi connectivity index (χ3v) is 3.78. The monoisotopic (exact) mass is 270 g/mol. The van der Waals surface area contributed by atoms with E-state index >= 15 is 0 Å². The quantitative estimate of drug-likeness (QED) is 0.808. The molecule has 0 amide bonds. The van der Waals surface area contributed by atoms with E-state index in [0.717, 1.165) is 0 Å².